The van der Waals surface area contributed by atoms with Crippen LogP contribution in [0.15, 0.2) is 23.1 Å². The Morgan fingerprint density at radius 1 is 1.47 bits per heavy atom. The third-order valence-electron chi connectivity index (χ3n) is 2.61. The second-order valence-corrected chi connectivity index (χ2v) is 6.03. The monoisotopic (exact) mass is 255 g/mol. The van der Waals surface area contributed by atoms with Gasteiger partial charge in [-0.3, -0.25) is 0 Å². The van der Waals surface area contributed by atoms with E-state index in [0.29, 0.717) is 11.3 Å². The normalized spacial score (nSPS) is 21.2. The highest BCUT2D eigenvalue weighted by Crippen LogP contribution is 2.29. The molecule has 0 saturated heterocycles. The fourth-order valence-corrected chi connectivity index (χ4v) is 3.53. The highest BCUT2D eigenvalue weighted by atomic mass is 32.2. The zero-order valence-corrected chi connectivity index (χ0v) is 10.4. The molecule has 0 spiro atoms. The second kappa shape index (κ2) is 4.03. The summed E-state index contributed by atoms with van der Waals surface area (Å²) in [5.41, 5.74) is 0.801. The van der Waals surface area contributed by atoms with Crippen LogP contribution in [0.2, 0.25) is 0 Å². The van der Waals surface area contributed by atoms with Gasteiger partial charge in [0.15, 0.2) is 9.84 Å². The van der Waals surface area contributed by atoms with Crippen LogP contribution in [0.5, 0.6) is 0 Å². The lowest BCUT2D eigenvalue weighted by Crippen LogP contribution is -2.31. The van der Waals surface area contributed by atoms with Gasteiger partial charge in [0.1, 0.15) is 0 Å². The van der Waals surface area contributed by atoms with E-state index in [1.54, 1.807) is 6.92 Å². The van der Waals surface area contributed by atoms with Gasteiger partial charge in [-0.15, -0.1) is 0 Å². The van der Waals surface area contributed by atoms with Crippen molar-refractivity contribution in [1.82, 2.24) is 0 Å². The zero-order chi connectivity index (χ0) is 12.6. The summed E-state index contributed by atoms with van der Waals surface area (Å²) in [5.74, 6) is -0.414. The molecule has 0 radical (unpaired) electrons. The Labute approximate surface area is 99.7 Å². The molecule has 1 aromatic rings. The fourth-order valence-electron chi connectivity index (χ4n) is 1.88. The molecular weight excluding hydrogens is 242 g/mol. The summed E-state index contributed by atoms with van der Waals surface area (Å²) in [6.45, 7) is 1.78. The summed E-state index contributed by atoms with van der Waals surface area (Å²) in [5, 5.41) is 3.05. The van der Waals surface area contributed by atoms with Crippen molar-refractivity contribution < 1.29 is 17.9 Å². The molecule has 1 atom stereocenters. The molecule has 1 unspecified atom stereocenters. The van der Waals surface area contributed by atoms with Crippen LogP contribution >= 0.6 is 0 Å². The Bertz CT molecular complexity index is 565. The van der Waals surface area contributed by atoms with Gasteiger partial charge in [-0.1, -0.05) is 0 Å². The Kier molecular flexibility index (Phi) is 2.82. The minimum atomic E-state index is -3.26. The van der Waals surface area contributed by atoms with E-state index >= 15 is 0 Å². The number of rotatable bonds is 1. The average Bonchev–Trinajstić information content (AvgIpc) is 2.25. The molecule has 1 N–H and O–H groups in total. The van der Waals surface area contributed by atoms with Gasteiger partial charge in [-0.2, -0.15) is 0 Å². The van der Waals surface area contributed by atoms with E-state index < -0.39 is 15.8 Å². The summed E-state index contributed by atoms with van der Waals surface area (Å²) in [6.07, 6.45) is 0. The number of ether oxygens (including phenoxy) is 1. The predicted octanol–water partition coefficient (Wildman–Crippen LogP) is 1.06. The molecule has 92 valence electrons. The van der Waals surface area contributed by atoms with Crippen LogP contribution < -0.4 is 5.32 Å². The van der Waals surface area contributed by atoms with Crippen LogP contribution in [0.4, 0.5) is 5.69 Å². The first-order valence-electron chi connectivity index (χ1n) is 5.15. The highest BCUT2D eigenvalue weighted by Gasteiger charge is 2.28. The van der Waals surface area contributed by atoms with Crippen LogP contribution in [0, 0.1) is 0 Å². The van der Waals surface area contributed by atoms with E-state index in [9.17, 15) is 13.2 Å². The maximum absolute atomic E-state index is 11.9. The number of carbonyl (C=O) groups excluding carboxylic acids is 1. The molecule has 0 amide bonds. The molecule has 1 aliphatic rings. The number of benzene rings is 1. The maximum Gasteiger partial charge on any atom is 0.337 e. The van der Waals surface area contributed by atoms with Crippen molar-refractivity contribution >= 4 is 21.5 Å². The molecule has 0 saturated carbocycles. The van der Waals surface area contributed by atoms with Crippen molar-refractivity contribution in [1.29, 1.82) is 0 Å². The van der Waals surface area contributed by atoms with E-state index in [-0.39, 0.29) is 16.7 Å². The lowest BCUT2D eigenvalue weighted by atomic mass is 10.2. The van der Waals surface area contributed by atoms with Crippen LogP contribution in [0.25, 0.3) is 0 Å². The van der Waals surface area contributed by atoms with Crippen LogP contribution in [0.1, 0.15) is 17.3 Å². The number of nitrogens with one attached hydrogen (secondary N) is 1. The number of sulfone groups is 1. The van der Waals surface area contributed by atoms with Crippen molar-refractivity contribution in [2.45, 2.75) is 17.9 Å². The second-order valence-electron chi connectivity index (χ2n) is 4.03. The lowest BCUT2D eigenvalue weighted by Gasteiger charge is -2.24. The molecule has 1 aromatic carbocycles. The number of carbonyl (C=O) groups is 1. The van der Waals surface area contributed by atoms with E-state index in [2.05, 4.69) is 10.1 Å². The first-order valence-corrected chi connectivity index (χ1v) is 6.81. The number of anilines is 1. The molecular formula is C11H13NO4S. The van der Waals surface area contributed by atoms with E-state index in [1.807, 2.05) is 0 Å². The van der Waals surface area contributed by atoms with E-state index in [4.69, 9.17) is 0 Å². The van der Waals surface area contributed by atoms with Crippen molar-refractivity contribution in [3.05, 3.63) is 23.8 Å². The summed E-state index contributed by atoms with van der Waals surface area (Å²) in [6, 6.07) is 4.24. The average molecular weight is 255 g/mol. The van der Waals surface area contributed by atoms with E-state index in [0.717, 1.165) is 0 Å². The molecule has 0 aromatic heterocycles. The van der Waals surface area contributed by atoms with Crippen molar-refractivity contribution in [3.63, 3.8) is 0 Å². The number of hydrogen-bond acceptors (Lipinski definition) is 5. The van der Waals surface area contributed by atoms with Gasteiger partial charge in [0.25, 0.3) is 0 Å². The van der Waals surface area contributed by atoms with Crippen molar-refractivity contribution in [2.24, 2.45) is 0 Å². The number of esters is 1. The molecule has 5 nitrogen and oxygen atoms in total. The number of hydrogen-bond donors (Lipinski definition) is 1. The topological polar surface area (TPSA) is 72.5 Å². The quantitative estimate of drug-likeness (QED) is 0.760. The standard InChI is InChI=1S/C11H13NO4S/c1-7-6-17(14,15)10-4-3-8(11(13)16-2)5-9(10)12-7/h3-5,7,12H,6H2,1-2H3. The Morgan fingerprint density at radius 3 is 2.82 bits per heavy atom. The summed E-state index contributed by atoms with van der Waals surface area (Å²) < 4.78 is 28.3. The van der Waals surface area contributed by atoms with Gasteiger partial charge < -0.3 is 10.1 Å². The zero-order valence-electron chi connectivity index (χ0n) is 9.56. The van der Waals surface area contributed by atoms with Crippen molar-refractivity contribution in [3.8, 4) is 0 Å². The van der Waals surface area contributed by atoms with Gasteiger partial charge in [0.05, 0.1) is 29.0 Å². The smallest absolute Gasteiger partial charge is 0.337 e. The SMILES string of the molecule is COC(=O)c1ccc2c(c1)NC(C)CS2(=O)=O. The van der Waals surface area contributed by atoms with E-state index in [1.165, 1.54) is 25.3 Å². The largest absolute Gasteiger partial charge is 0.465 e. The fraction of sp³-hybridized carbons (Fsp3) is 0.364. The van der Waals surface area contributed by atoms with Gasteiger partial charge in [0, 0.05) is 6.04 Å². The summed E-state index contributed by atoms with van der Waals surface area (Å²) >= 11 is 0. The van der Waals surface area contributed by atoms with Crippen LogP contribution in [0.3, 0.4) is 0 Å². The maximum atomic E-state index is 11.9. The van der Waals surface area contributed by atoms with Gasteiger partial charge in [-0.25, -0.2) is 13.2 Å². The molecule has 1 aliphatic heterocycles. The van der Waals surface area contributed by atoms with Gasteiger partial charge in [-0.05, 0) is 25.1 Å². The Morgan fingerprint density at radius 2 is 2.18 bits per heavy atom. The van der Waals surface area contributed by atoms with Gasteiger partial charge in [0.2, 0.25) is 0 Å². The lowest BCUT2D eigenvalue weighted by molar-refractivity contribution is 0.0600. The summed E-state index contributed by atoms with van der Waals surface area (Å²) in [7, 11) is -1.97. The first kappa shape index (κ1) is 11.9. The molecule has 17 heavy (non-hydrogen) atoms. The minimum Gasteiger partial charge on any atom is -0.465 e. The number of fused-ring (bicyclic) bond motifs is 1. The molecule has 0 fully saturated rings. The molecule has 1 heterocycles. The molecule has 6 heteroatoms. The minimum absolute atomic E-state index is 0.0670. The Hall–Kier alpha value is -1.56. The van der Waals surface area contributed by atoms with Crippen molar-refractivity contribution in [2.75, 3.05) is 18.2 Å². The molecule has 0 bridgehead atoms. The summed E-state index contributed by atoms with van der Waals surface area (Å²) in [4.78, 5) is 11.6. The predicted molar refractivity (Wildman–Crippen MR) is 62.9 cm³/mol. The van der Waals surface area contributed by atoms with Crippen LogP contribution in [-0.4, -0.2) is 33.3 Å². The molecule has 0 aliphatic carbocycles. The van der Waals surface area contributed by atoms with Crippen LogP contribution in [-0.2, 0) is 14.6 Å². The van der Waals surface area contributed by atoms with Gasteiger partial charge >= 0.3 is 5.97 Å². The number of methoxy groups -OCH3 is 1. The third-order valence-corrected chi connectivity index (χ3v) is 4.57. The third kappa shape index (κ3) is 2.12. The Balaban J connectivity index is 2.53. The first-order chi connectivity index (χ1) is 7.94. The molecule has 2 rings (SSSR count). The highest BCUT2D eigenvalue weighted by molar-refractivity contribution is 7.91.